The van der Waals surface area contributed by atoms with E-state index in [-0.39, 0.29) is 0 Å². The highest BCUT2D eigenvalue weighted by molar-refractivity contribution is 4.89. The number of ether oxygens (including phenoxy) is 1. The maximum atomic E-state index is 5.45. The van der Waals surface area contributed by atoms with E-state index in [2.05, 4.69) is 38.2 Å². The largest absolute Gasteiger partial charge is 0.380 e. The Labute approximate surface area is 107 Å². The molecule has 1 N–H and O–H groups in total. The Morgan fingerprint density at radius 3 is 2.65 bits per heavy atom. The SMILES string of the molecule is CCOCCN(C)C1CC(CC)CCC1NC. The summed E-state index contributed by atoms with van der Waals surface area (Å²) in [5.74, 6) is 0.916. The van der Waals surface area contributed by atoms with E-state index in [1.165, 1.54) is 25.7 Å². The molecule has 0 aromatic carbocycles. The highest BCUT2D eigenvalue weighted by atomic mass is 16.5. The molecule has 3 heteroatoms. The Kier molecular flexibility index (Phi) is 7.09. The Balaban J connectivity index is 2.44. The van der Waals surface area contributed by atoms with Gasteiger partial charge in [-0.1, -0.05) is 13.3 Å². The Morgan fingerprint density at radius 2 is 2.06 bits per heavy atom. The van der Waals surface area contributed by atoms with E-state index in [0.717, 1.165) is 25.7 Å². The van der Waals surface area contributed by atoms with Crippen LogP contribution >= 0.6 is 0 Å². The van der Waals surface area contributed by atoms with Gasteiger partial charge in [-0.15, -0.1) is 0 Å². The Morgan fingerprint density at radius 1 is 1.29 bits per heavy atom. The van der Waals surface area contributed by atoms with Crippen molar-refractivity contribution in [2.75, 3.05) is 33.9 Å². The van der Waals surface area contributed by atoms with Crippen LogP contribution < -0.4 is 5.32 Å². The molecule has 3 atom stereocenters. The Hall–Kier alpha value is -0.120. The van der Waals surface area contributed by atoms with E-state index in [9.17, 15) is 0 Å². The Bertz CT molecular complexity index is 199. The lowest BCUT2D eigenvalue weighted by Gasteiger charge is -2.41. The van der Waals surface area contributed by atoms with E-state index in [1.54, 1.807) is 0 Å². The summed E-state index contributed by atoms with van der Waals surface area (Å²) >= 11 is 0. The molecule has 1 rings (SSSR count). The molecule has 0 aliphatic heterocycles. The molecule has 3 unspecified atom stereocenters. The molecular weight excluding hydrogens is 212 g/mol. The van der Waals surface area contributed by atoms with Gasteiger partial charge in [0, 0.05) is 25.2 Å². The van der Waals surface area contributed by atoms with Crippen molar-refractivity contribution in [3.63, 3.8) is 0 Å². The van der Waals surface area contributed by atoms with E-state index in [4.69, 9.17) is 4.74 Å². The zero-order chi connectivity index (χ0) is 12.7. The van der Waals surface area contributed by atoms with Gasteiger partial charge in [-0.25, -0.2) is 0 Å². The molecule has 0 amide bonds. The zero-order valence-electron chi connectivity index (χ0n) is 12.0. The van der Waals surface area contributed by atoms with Gasteiger partial charge in [0.15, 0.2) is 0 Å². The van der Waals surface area contributed by atoms with Crippen LogP contribution in [0.4, 0.5) is 0 Å². The minimum Gasteiger partial charge on any atom is -0.380 e. The van der Waals surface area contributed by atoms with Crippen LogP contribution in [-0.2, 0) is 4.74 Å². The molecule has 0 saturated heterocycles. The standard InChI is InChI=1S/C14H30N2O/c1-5-12-7-8-13(15-3)14(11-12)16(4)9-10-17-6-2/h12-15H,5-11H2,1-4H3. The van der Waals surface area contributed by atoms with Crippen LogP contribution in [0.25, 0.3) is 0 Å². The van der Waals surface area contributed by atoms with Crippen LogP contribution in [-0.4, -0.2) is 50.8 Å². The third-order valence-electron chi connectivity index (χ3n) is 4.23. The van der Waals surface area contributed by atoms with Crippen molar-refractivity contribution >= 4 is 0 Å². The smallest absolute Gasteiger partial charge is 0.0593 e. The number of likely N-dealkylation sites (N-methyl/N-ethyl adjacent to an activating group) is 2. The summed E-state index contributed by atoms with van der Waals surface area (Å²) in [7, 11) is 4.34. The maximum Gasteiger partial charge on any atom is 0.0593 e. The average molecular weight is 242 g/mol. The molecule has 0 heterocycles. The van der Waals surface area contributed by atoms with Crippen molar-refractivity contribution in [2.24, 2.45) is 5.92 Å². The first-order valence-electron chi connectivity index (χ1n) is 7.18. The second-order valence-corrected chi connectivity index (χ2v) is 5.23. The van der Waals surface area contributed by atoms with Gasteiger partial charge in [0.1, 0.15) is 0 Å². The zero-order valence-corrected chi connectivity index (χ0v) is 12.0. The monoisotopic (exact) mass is 242 g/mol. The predicted molar refractivity (Wildman–Crippen MR) is 73.4 cm³/mol. The molecule has 1 saturated carbocycles. The summed E-state index contributed by atoms with van der Waals surface area (Å²) in [6, 6.07) is 1.34. The van der Waals surface area contributed by atoms with Crippen molar-refractivity contribution < 1.29 is 4.74 Å². The summed E-state index contributed by atoms with van der Waals surface area (Å²) in [6.07, 6.45) is 5.37. The van der Waals surface area contributed by atoms with Crippen molar-refractivity contribution in [1.82, 2.24) is 10.2 Å². The van der Waals surface area contributed by atoms with Crippen LogP contribution in [0.2, 0.25) is 0 Å². The van der Waals surface area contributed by atoms with Gasteiger partial charge < -0.3 is 10.1 Å². The molecule has 0 radical (unpaired) electrons. The fourth-order valence-electron chi connectivity index (χ4n) is 2.94. The normalized spacial score (nSPS) is 29.8. The average Bonchev–Trinajstić information content (AvgIpc) is 2.38. The molecule has 0 aromatic rings. The quantitative estimate of drug-likeness (QED) is 0.692. The lowest BCUT2D eigenvalue weighted by molar-refractivity contribution is 0.0743. The summed E-state index contributed by atoms with van der Waals surface area (Å²) in [5.41, 5.74) is 0. The van der Waals surface area contributed by atoms with Crippen LogP contribution in [0.5, 0.6) is 0 Å². The highest BCUT2D eigenvalue weighted by Gasteiger charge is 2.31. The maximum absolute atomic E-state index is 5.45. The first kappa shape index (κ1) is 14.9. The third kappa shape index (κ3) is 4.57. The summed E-state index contributed by atoms with van der Waals surface area (Å²) in [4.78, 5) is 2.48. The molecule has 0 spiro atoms. The van der Waals surface area contributed by atoms with E-state index in [0.29, 0.717) is 12.1 Å². The molecule has 3 nitrogen and oxygen atoms in total. The number of rotatable bonds is 7. The van der Waals surface area contributed by atoms with Crippen molar-refractivity contribution in [3.05, 3.63) is 0 Å². The van der Waals surface area contributed by atoms with Gasteiger partial charge in [0.25, 0.3) is 0 Å². The van der Waals surface area contributed by atoms with Crippen LogP contribution in [0.15, 0.2) is 0 Å². The molecule has 1 aliphatic rings. The van der Waals surface area contributed by atoms with Gasteiger partial charge in [-0.05, 0) is 46.2 Å². The van der Waals surface area contributed by atoms with Crippen molar-refractivity contribution in [3.8, 4) is 0 Å². The number of nitrogens with one attached hydrogen (secondary N) is 1. The predicted octanol–water partition coefficient (Wildman–Crippen LogP) is 2.12. The van der Waals surface area contributed by atoms with Crippen LogP contribution in [0, 0.1) is 5.92 Å². The molecular formula is C14H30N2O. The van der Waals surface area contributed by atoms with E-state index < -0.39 is 0 Å². The molecule has 0 aromatic heterocycles. The second kappa shape index (κ2) is 8.06. The minimum atomic E-state index is 0.657. The molecule has 0 bridgehead atoms. The molecule has 17 heavy (non-hydrogen) atoms. The van der Waals surface area contributed by atoms with Gasteiger partial charge in [0.05, 0.1) is 6.61 Å². The fourth-order valence-corrected chi connectivity index (χ4v) is 2.94. The lowest BCUT2D eigenvalue weighted by atomic mass is 9.80. The fraction of sp³-hybridized carbons (Fsp3) is 1.00. The lowest BCUT2D eigenvalue weighted by Crippen LogP contribution is -2.51. The second-order valence-electron chi connectivity index (χ2n) is 5.23. The van der Waals surface area contributed by atoms with E-state index >= 15 is 0 Å². The van der Waals surface area contributed by atoms with Gasteiger partial charge in [-0.3, -0.25) is 4.90 Å². The first-order valence-corrected chi connectivity index (χ1v) is 7.18. The van der Waals surface area contributed by atoms with Crippen LogP contribution in [0.1, 0.15) is 39.5 Å². The van der Waals surface area contributed by atoms with Crippen molar-refractivity contribution in [1.29, 1.82) is 0 Å². The highest BCUT2D eigenvalue weighted by Crippen LogP contribution is 2.29. The summed E-state index contributed by atoms with van der Waals surface area (Å²) < 4.78 is 5.45. The van der Waals surface area contributed by atoms with Crippen LogP contribution in [0.3, 0.4) is 0 Å². The number of hydrogen-bond donors (Lipinski definition) is 1. The summed E-state index contributed by atoms with van der Waals surface area (Å²) in [6.45, 7) is 7.11. The van der Waals surface area contributed by atoms with E-state index in [1.807, 2.05) is 0 Å². The van der Waals surface area contributed by atoms with Gasteiger partial charge in [0.2, 0.25) is 0 Å². The van der Waals surface area contributed by atoms with Gasteiger partial charge >= 0.3 is 0 Å². The molecule has 102 valence electrons. The number of nitrogens with zero attached hydrogens (tertiary/aromatic N) is 1. The van der Waals surface area contributed by atoms with Gasteiger partial charge in [-0.2, -0.15) is 0 Å². The van der Waals surface area contributed by atoms with Crippen molar-refractivity contribution in [2.45, 2.75) is 51.6 Å². The topological polar surface area (TPSA) is 24.5 Å². The number of hydrogen-bond acceptors (Lipinski definition) is 3. The third-order valence-corrected chi connectivity index (χ3v) is 4.23. The summed E-state index contributed by atoms with van der Waals surface area (Å²) in [5, 5.41) is 3.49. The first-order chi connectivity index (χ1) is 8.22. The molecule has 1 fully saturated rings. The minimum absolute atomic E-state index is 0.657. The molecule has 1 aliphatic carbocycles.